The van der Waals surface area contributed by atoms with Gasteiger partial charge in [0.2, 0.25) is 0 Å². The average Bonchev–Trinajstić information content (AvgIpc) is 2.84. The summed E-state index contributed by atoms with van der Waals surface area (Å²) in [7, 11) is 1.68. The second kappa shape index (κ2) is 10.1. The number of methoxy groups -OCH3 is 1. The lowest BCUT2D eigenvalue weighted by molar-refractivity contribution is 0.410. The van der Waals surface area contributed by atoms with Gasteiger partial charge in [0, 0.05) is 22.6 Å². The Hall–Kier alpha value is -3.70. The molecule has 6 heteroatoms. The number of hydrazone groups is 1. The summed E-state index contributed by atoms with van der Waals surface area (Å²) in [4.78, 5) is 0. The van der Waals surface area contributed by atoms with E-state index < -0.39 is 0 Å². The molecule has 0 bridgehead atoms. The molecule has 0 radical (unpaired) electrons. The van der Waals surface area contributed by atoms with Gasteiger partial charge in [0.1, 0.15) is 5.75 Å². The van der Waals surface area contributed by atoms with Gasteiger partial charge in [-0.15, -0.1) is 10.2 Å². The van der Waals surface area contributed by atoms with Gasteiger partial charge in [0.05, 0.1) is 18.5 Å². The lowest BCUT2D eigenvalue weighted by Crippen LogP contribution is -2.06. The van der Waals surface area contributed by atoms with Crippen LogP contribution >= 0.6 is 11.6 Å². The SMILES string of the molecule is COc1ccccc1Cc1cc(-c2ccc(Cl)cc2)nnc1N/N=C(/C)c1ccccc1. The smallest absolute Gasteiger partial charge is 0.172 e. The van der Waals surface area contributed by atoms with Crippen LogP contribution in [0.25, 0.3) is 11.3 Å². The molecule has 0 spiro atoms. The number of halogens is 1. The van der Waals surface area contributed by atoms with E-state index in [9.17, 15) is 0 Å². The van der Waals surface area contributed by atoms with Crippen molar-refractivity contribution in [2.24, 2.45) is 5.10 Å². The van der Waals surface area contributed by atoms with E-state index in [-0.39, 0.29) is 0 Å². The minimum absolute atomic E-state index is 0.601. The van der Waals surface area contributed by atoms with Gasteiger partial charge < -0.3 is 4.74 Å². The first-order valence-electron chi connectivity index (χ1n) is 10.2. The van der Waals surface area contributed by atoms with Crippen LogP contribution in [0.5, 0.6) is 5.75 Å². The molecule has 0 amide bonds. The number of nitrogens with zero attached hydrogens (tertiary/aromatic N) is 3. The van der Waals surface area contributed by atoms with Crippen molar-refractivity contribution in [3.63, 3.8) is 0 Å². The summed E-state index contributed by atoms with van der Waals surface area (Å²) in [6.45, 7) is 1.96. The predicted octanol–water partition coefficient (Wildman–Crippen LogP) is 6.23. The molecule has 0 saturated carbocycles. The van der Waals surface area contributed by atoms with E-state index in [4.69, 9.17) is 16.3 Å². The second-order valence-electron chi connectivity index (χ2n) is 7.27. The van der Waals surface area contributed by atoms with Crippen LogP contribution in [0.4, 0.5) is 5.82 Å². The molecule has 0 unspecified atom stereocenters. The molecule has 0 aliphatic rings. The zero-order chi connectivity index (χ0) is 22.3. The van der Waals surface area contributed by atoms with E-state index in [2.05, 4.69) is 20.7 Å². The maximum absolute atomic E-state index is 6.04. The summed E-state index contributed by atoms with van der Waals surface area (Å²) in [6.07, 6.45) is 0.613. The van der Waals surface area contributed by atoms with Gasteiger partial charge in [-0.3, -0.25) is 5.43 Å². The standard InChI is InChI=1S/C26H23ClN4O/c1-18(19-8-4-3-5-9-19)28-30-26-22(16-21-10-6-7-11-25(21)32-2)17-24(29-31-26)20-12-14-23(27)15-13-20/h3-15,17H,16H2,1-2H3,(H,30,31)/b28-18-. The maximum atomic E-state index is 6.04. The molecule has 0 aliphatic carbocycles. The third-order valence-corrected chi connectivity index (χ3v) is 5.36. The van der Waals surface area contributed by atoms with Gasteiger partial charge in [-0.05, 0) is 42.3 Å². The quantitative estimate of drug-likeness (QED) is 0.272. The van der Waals surface area contributed by atoms with Gasteiger partial charge in [0.15, 0.2) is 5.82 Å². The number of nitrogens with one attached hydrogen (secondary N) is 1. The highest BCUT2D eigenvalue weighted by Gasteiger charge is 2.12. The van der Waals surface area contributed by atoms with Crippen LogP contribution in [0, 0.1) is 0 Å². The number of benzene rings is 3. The molecular weight excluding hydrogens is 420 g/mol. The van der Waals surface area contributed by atoms with E-state index in [1.807, 2.05) is 91.9 Å². The number of hydrogen-bond donors (Lipinski definition) is 1. The lowest BCUT2D eigenvalue weighted by atomic mass is 10.0. The van der Waals surface area contributed by atoms with Gasteiger partial charge in [-0.1, -0.05) is 72.3 Å². The molecule has 4 rings (SSSR count). The van der Waals surface area contributed by atoms with Gasteiger partial charge in [-0.2, -0.15) is 5.10 Å². The van der Waals surface area contributed by atoms with E-state index in [0.717, 1.165) is 39.4 Å². The highest BCUT2D eigenvalue weighted by atomic mass is 35.5. The fourth-order valence-electron chi connectivity index (χ4n) is 3.36. The molecule has 0 aliphatic heterocycles. The summed E-state index contributed by atoms with van der Waals surface area (Å²) in [6, 6.07) is 27.5. The highest BCUT2D eigenvalue weighted by Crippen LogP contribution is 2.27. The molecular formula is C26H23ClN4O. The molecule has 4 aromatic rings. The van der Waals surface area contributed by atoms with Crippen LogP contribution in [0.3, 0.4) is 0 Å². The second-order valence-corrected chi connectivity index (χ2v) is 7.71. The fourth-order valence-corrected chi connectivity index (χ4v) is 3.48. The Bertz CT molecular complexity index is 1220. The summed E-state index contributed by atoms with van der Waals surface area (Å²) in [5.74, 6) is 1.43. The van der Waals surface area contributed by atoms with Crippen molar-refractivity contribution in [3.05, 3.63) is 107 Å². The summed E-state index contributed by atoms with van der Waals surface area (Å²) >= 11 is 6.04. The summed E-state index contributed by atoms with van der Waals surface area (Å²) in [5.41, 5.74) is 8.73. The topological polar surface area (TPSA) is 59.4 Å². The summed E-state index contributed by atoms with van der Waals surface area (Å²) in [5, 5.41) is 14.1. The van der Waals surface area contributed by atoms with Crippen molar-refractivity contribution < 1.29 is 4.74 Å². The van der Waals surface area contributed by atoms with E-state index >= 15 is 0 Å². The Morgan fingerprint density at radius 1 is 0.906 bits per heavy atom. The molecule has 5 nitrogen and oxygen atoms in total. The number of hydrogen-bond acceptors (Lipinski definition) is 5. The van der Waals surface area contributed by atoms with Crippen molar-refractivity contribution in [2.75, 3.05) is 12.5 Å². The Labute approximate surface area is 192 Å². The zero-order valence-electron chi connectivity index (χ0n) is 17.9. The van der Waals surface area contributed by atoms with Crippen LogP contribution in [-0.4, -0.2) is 23.0 Å². The van der Waals surface area contributed by atoms with E-state index in [1.54, 1.807) is 7.11 Å². The van der Waals surface area contributed by atoms with Crippen molar-refractivity contribution in [3.8, 4) is 17.0 Å². The minimum atomic E-state index is 0.601. The molecule has 1 aromatic heterocycles. The largest absolute Gasteiger partial charge is 0.496 e. The lowest BCUT2D eigenvalue weighted by Gasteiger charge is -2.13. The maximum Gasteiger partial charge on any atom is 0.172 e. The number of anilines is 1. The first kappa shape index (κ1) is 21.5. The van der Waals surface area contributed by atoms with Crippen molar-refractivity contribution >= 4 is 23.1 Å². The Morgan fingerprint density at radius 2 is 1.62 bits per heavy atom. The molecule has 3 aromatic carbocycles. The van der Waals surface area contributed by atoms with E-state index in [0.29, 0.717) is 17.3 Å². The van der Waals surface area contributed by atoms with Gasteiger partial charge in [0.25, 0.3) is 0 Å². The van der Waals surface area contributed by atoms with Crippen molar-refractivity contribution in [1.29, 1.82) is 0 Å². The molecule has 32 heavy (non-hydrogen) atoms. The number of rotatable bonds is 7. The van der Waals surface area contributed by atoms with Crippen molar-refractivity contribution in [2.45, 2.75) is 13.3 Å². The third-order valence-electron chi connectivity index (χ3n) is 5.11. The number of ether oxygens (including phenoxy) is 1. The first-order chi connectivity index (χ1) is 15.6. The van der Waals surface area contributed by atoms with Crippen LogP contribution in [0.15, 0.2) is 90.0 Å². The first-order valence-corrected chi connectivity index (χ1v) is 10.6. The predicted molar refractivity (Wildman–Crippen MR) is 131 cm³/mol. The number of para-hydroxylation sites is 1. The average molecular weight is 443 g/mol. The van der Waals surface area contributed by atoms with Crippen LogP contribution < -0.4 is 10.2 Å². The Kier molecular flexibility index (Phi) is 6.78. The van der Waals surface area contributed by atoms with Crippen LogP contribution in [-0.2, 0) is 6.42 Å². The highest BCUT2D eigenvalue weighted by molar-refractivity contribution is 6.30. The van der Waals surface area contributed by atoms with E-state index in [1.165, 1.54) is 0 Å². The zero-order valence-corrected chi connectivity index (χ0v) is 18.7. The van der Waals surface area contributed by atoms with Gasteiger partial charge in [-0.25, -0.2) is 0 Å². The monoisotopic (exact) mass is 442 g/mol. The molecule has 0 saturated heterocycles. The molecule has 160 valence electrons. The summed E-state index contributed by atoms with van der Waals surface area (Å²) < 4.78 is 5.54. The molecule has 0 fully saturated rings. The molecule has 1 heterocycles. The Morgan fingerprint density at radius 3 is 2.38 bits per heavy atom. The van der Waals surface area contributed by atoms with Crippen LogP contribution in [0.1, 0.15) is 23.6 Å². The Balaban J connectivity index is 1.70. The molecule has 1 N–H and O–H groups in total. The van der Waals surface area contributed by atoms with Crippen LogP contribution in [0.2, 0.25) is 5.02 Å². The number of aromatic nitrogens is 2. The minimum Gasteiger partial charge on any atom is -0.496 e. The normalized spacial score (nSPS) is 11.3. The third kappa shape index (κ3) is 5.13. The van der Waals surface area contributed by atoms with Gasteiger partial charge >= 0.3 is 0 Å². The van der Waals surface area contributed by atoms with Crippen molar-refractivity contribution in [1.82, 2.24) is 10.2 Å². The fraction of sp³-hybridized carbons (Fsp3) is 0.115. The molecule has 0 atom stereocenters.